The quantitative estimate of drug-likeness (QED) is 0.529. The summed E-state index contributed by atoms with van der Waals surface area (Å²) in [4.78, 5) is 0.228. The summed E-state index contributed by atoms with van der Waals surface area (Å²) in [6, 6.07) is 21.6. The normalized spacial score (nSPS) is 12.0. The number of hydrogen-bond donors (Lipinski definition) is 1. The Labute approximate surface area is 176 Å². The van der Waals surface area contributed by atoms with Crippen LogP contribution >= 0.6 is 11.6 Å². The van der Waals surface area contributed by atoms with Gasteiger partial charge in [0.05, 0.1) is 12.0 Å². The fraction of sp³-hybridized carbons (Fsp3) is 0.130. The van der Waals surface area contributed by atoms with Gasteiger partial charge < -0.3 is 4.74 Å². The summed E-state index contributed by atoms with van der Waals surface area (Å²) in [5, 5.41) is 0.557. The topological polar surface area (TPSA) is 55.4 Å². The van der Waals surface area contributed by atoms with E-state index >= 15 is 0 Å². The second-order valence-electron chi connectivity index (χ2n) is 6.56. The van der Waals surface area contributed by atoms with Crippen LogP contribution in [0, 0.1) is 6.92 Å². The molecule has 0 aliphatic rings. The maximum Gasteiger partial charge on any atom is 0.240 e. The van der Waals surface area contributed by atoms with Crippen LogP contribution in [-0.2, 0) is 10.0 Å². The van der Waals surface area contributed by atoms with Crippen LogP contribution in [0.1, 0.15) is 16.7 Å². The summed E-state index contributed by atoms with van der Waals surface area (Å²) in [6.07, 6.45) is 1.91. The van der Waals surface area contributed by atoms with E-state index in [2.05, 4.69) is 4.72 Å². The Hall–Kier alpha value is -2.60. The number of rotatable bonds is 7. The van der Waals surface area contributed by atoms with E-state index in [1.54, 1.807) is 37.4 Å². The minimum Gasteiger partial charge on any atom is -0.497 e. The first-order valence-electron chi connectivity index (χ1n) is 9.05. The number of benzene rings is 3. The Morgan fingerprint density at radius 3 is 2.28 bits per heavy atom. The number of methoxy groups -OCH3 is 1. The molecule has 0 radical (unpaired) electrons. The molecule has 0 saturated heterocycles. The van der Waals surface area contributed by atoms with Gasteiger partial charge >= 0.3 is 0 Å². The van der Waals surface area contributed by atoms with E-state index in [9.17, 15) is 8.42 Å². The molecule has 3 aromatic rings. The first kappa shape index (κ1) is 21.1. The molecule has 0 spiro atoms. The van der Waals surface area contributed by atoms with Crippen molar-refractivity contribution in [2.24, 2.45) is 0 Å². The Kier molecular flexibility index (Phi) is 6.75. The Balaban J connectivity index is 1.92. The standard InChI is InChI=1S/C23H22ClNO3S/c1-17-7-13-21(14-8-17)29(26,27)25-16-19(22-5-3-4-6-23(22)24)15-18-9-11-20(28-2)12-10-18/h3-15,25H,16H2,1-2H3/b19-15+. The zero-order valence-corrected chi connectivity index (χ0v) is 17.8. The van der Waals surface area contributed by atoms with Gasteiger partial charge in [-0.3, -0.25) is 0 Å². The van der Waals surface area contributed by atoms with Gasteiger partial charge in [0.25, 0.3) is 0 Å². The molecule has 4 nitrogen and oxygen atoms in total. The monoisotopic (exact) mass is 427 g/mol. The lowest BCUT2D eigenvalue weighted by molar-refractivity contribution is 0.415. The van der Waals surface area contributed by atoms with Gasteiger partial charge in [0.1, 0.15) is 5.75 Å². The van der Waals surface area contributed by atoms with E-state index in [1.165, 1.54) is 0 Å². The summed E-state index contributed by atoms with van der Waals surface area (Å²) in [7, 11) is -2.04. The fourth-order valence-corrected chi connectivity index (χ4v) is 4.08. The zero-order valence-electron chi connectivity index (χ0n) is 16.2. The summed E-state index contributed by atoms with van der Waals surface area (Å²) in [6.45, 7) is 2.02. The molecule has 0 atom stereocenters. The van der Waals surface area contributed by atoms with E-state index in [4.69, 9.17) is 16.3 Å². The summed E-state index contributed by atoms with van der Waals surface area (Å²) >= 11 is 6.38. The van der Waals surface area contributed by atoms with Gasteiger partial charge in [0.15, 0.2) is 0 Å². The predicted molar refractivity (Wildman–Crippen MR) is 119 cm³/mol. The molecular formula is C23H22ClNO3S. The zero-order chi connectivity index (χ0) is 20.9. The van der Waals surface area contributed by atoms with Crippen molar-refractivity contribution in [3.63, 3.8) is 0 Å². The van der Waals surface area contributed by atoms with Gasteiger partial charge in [0, 0.05) is 11.6 Å². The average molecular weight is 428 g/mol. The van der Waals surface area contributed by atoms with Gasteiger partial charge in [-0.05, 0) is 60.0 Å². The minimum atomic E-state index is -3.65. The van der Waals surface area contributed by atoms with Crippen molar-refractivity contribution in [3.8, 4) is 5.75 Å². The number of aryl methyl sites for hydroxylation is 1. The first-order chi connectivity index (χ1) is 13.9. The van der Waals surface area contributed by atoms with Crippen molar-refractivity contribution < 1.29 is 13.2 Å². The molecule has 150 valence electrons. The highest BCUT2D eigenvalue weighted by molar-refractivity contribution is 7.89. The van der Waals surface area contributed by atoms with E-state index in [0.717, 1.165) is 28.0 Å². The van der Waals surface area contributed by atoms with Crippen LogP contribution < -0.4 is 9.46 Å². The Bertz CT molecular complexity index is 1110. The third kappa shape index (κ3) is 5.48. The first-order valence-corrected chi connectivity index (χ1v) is 10.9. The number of nitrogens with one attached hydrogen (secondary N) is 1. The molecule has 0 heterocycles. The lowest BCUT2D eigenvalue weighted by atomic mass is 10.0. The smallest absolute Gasteiger partial charge is 0.240 e. The van der Waals surface area contributed by atoms with E-state index in [-0.39, 0.29) is 11.4 Å². The second kappa shape index (κ2) is 9.27. The lowest BCUT2D eigenvalue weighted by Gasteiger charge is -2.13. The number of ether oxygens (including phenoxy) is 1. The summed E-state index contributed by atoms with van der Waals surface area (Å²) < 4.78 is 33.3. The summed E-state index contributed by atoms with van der Waals surface area (Å²) in [5.41, 5.74) is 3.45. The van der Waals surface area contributed by atoms with Crippen molar-refractivity contribution in [2.45, 2.75) is 11.8 Å². The number of hydrogen-bond acceptors (Lipinski definition) is 3. The van der Waals surface area contributed by atoms with Crippen molar-refractivity contribution in [2.75, 3.05) is 13.7 Å². The van der Waals surface area contributed by atoms with Crippen LogP contribution in [0.5, 0.6) is 5.75 Å². The molecule has 0 aliphatic carbocycles. The molecule has 0 bridgehead atoms. The van der Waals surface area contributed by atoms with Crippen molar-refractivity contribution in [1.29, 1.82) is 0 Å². The third-order valence-electron chi connectivity index (χ3n) is 4.46. The predicted octanol–water partition coefficient (Wildman–Crippen LogP) is 5.18. The second-order valence-corrected chi connectivity index (χ2v) is 8.73. The van der Waals surface area contributed by atoms with Gasteiger partial charge in [-0.15, -0.1) is 0 Å². The molecule has 29 heavy (non-hydrogen) atoms. The Morgan fingerprint density at radius 2 is 1.66 bits per heavy atom. The van der Waals surface area contributed by atoms with Gasteiger partial charge in [0.2, 0.25) is 10.0 Å². The van der Waals surface area contributed by atoms with E-state index in [1.807, 2.05) is 55.5 Å². The van der Waals surface area contributed by atoms with E-state index in [0.29, 0.717) is 5.02 Å². The molecule has 0 saturated carbocycles. The highest BCUT2D eigenvalue weighted by atomic mass is 35.5. The Morgan fingerprint density at radius 1 is 1.00 bits per heavy atom. The minimum absolute atomic E-state index is 0.103. The molecule has 0 aliphatic heterocycles. The number of sulfonamides is 1. The third-order valence-corrected chi connectivity index (χ3v) is 6.21. The molecule has 0 aromatic heterocycles. The van der Waals surface area contributed by atoms with Crippen molar-refractivity contribution >= 4 is 33.3 Å². The van der Waals surface area contributed by atoms with Crippen LogP contribution in [0.2, 0.25) is 5.02 Å². The molecule has 3 rings (SSSR count). The van der Waals surface area contributed by atoms with Crippen LogP contribution in [0.4, 0.5) is 0 Å². The lowest BCUT2D eigenvalue weighted by Crippen LogP contribution is -2.25. The van der Waals surface area contributed by atoms with Crippen LogP contribution in [0.25, 0.3) is 11.6 Å². The fourth-order valence-electron chi connectivity index (χ4n) is 2.82. The molecule has 1 N–H and O–H groups in total. The highest BCUT2D eigenvalue weighted by Crippen LogP contribution is 2.26. The van der Waals surface area contributed by atoms with Gasteiger partial charge in [-0.2, -0.15) is 0 Å². The molecule has 6 heteroatoms. The maximum absolute atomic E-state index is 12.7. The van der Waals surface area contributed by atoms with Crippen LogP contribution in [-0.4, -0.2) is 22.1 Å². The highest BCUT2D eigenvalue weighted by Gasteiger charge is 2.15. The summed E-state index contributed by atoms with van der Waals surface area (Å²) in [5.74, 6) is 0.751. The molecular weight excluding hydrogens is 406 g/mol. The SMILES string of the molecule is COc1ccc(/C=C(\CNS(=O)(=O)c2ccc(C)cc2)c2ccccc2Cl)cc1. The molecule has 0 fully saturated rings. The van der Waals surface area contributed by atoms with Crippen LogP contribution in [0.15, 0.2) is 77.7 Å². The maximum atomic E-state index is 12.7. The molecule has 0 unspecified atom stereocenters. The number of halogens is 1. The molecule has 3 aromatic carbocycles. The van der Waals surface area contributed by atoms with Crippen molar-refractivity contribution in [3.05, 3.63) is 94.5 Å². The van der Waals surface area contributed by atoms with E-state index < -0.39 is 10.0 Å². The van der Waals surface area contributed by atoms with Gasteiger partial charge in [-0.25, -0.2) is 13.1 Å². The average Bonchev–Trinajstić information content (AvgIpc) is 2.72. The largest absolute Gasteiger partial charge is 0.497 e. The van der Waals surface area contributed by atoms with Crippen LogP contribution in [0.3, 0.4) is 0 Å². The van der Waals surface area contributed by atoms with Gasteiger partial charge in [-0.1, -0.05) is 59.6 Å². The molecule has 0 amide bonds. The van der Waals surface area contributed by atoms with Crippen molar-refractivity contribution in [1.82, 2.24) is 4.72 Å².